The standard InChI is InChI=1S/C14H12FN5O.C8H6F2N2/c15-10-3-1-9(2-4-10)13-18-19-14(21-13)20-6-5-11-12(7-20)17-8-16-11;9-8(10)7-3-1-2-6-4-5-11-12(6)7/h1-4,8H,5-7H2,(H,16,17);1-5,8H. The number of benzene rings is 1. The summed E-state index contributed by atoms with van der Waals surface area (Å²) in [6, 6.07) is 12.8. The maximum atomic E-state index is 12.9. The molecular weight excluding hydrogens is 435 g/mol. The Labute approximate surface area is 185 Å². The fraction of sp³-hybridized carbons (Fsp3) is 0.182. The molecule has 168 valence electrons. The summed E-state index contributed by atoms with van der Waals surface area (Å²) >= 11 is 0. The first-order valence-corrected chi connectivity index (χ1v) is 10.1. The molecule has 0 bridgehead atoms. The minimum atomic E-state index is -2.48. The van der Waals surface area contributed by atoms with E-state index in [-0.39, 0.29) is 11.5 Å². The lowest BCUT2D eigenvalue weighted by molar-refractivity contribution is 0.143. The molecular formula is C22H18F3N7O. The number of nitrogens with one attached hydrogen (secondary N) is 1. The highest BCUT2D eigenvalue weighted by Gasteiger charge is 2.22. The van der Waals surface area contributed by atoms with E-state index in [2.05, 4.69) is 25.3 Å². The van der Waals surface area contributed by atoms with Crippen molar-refractivity contribution < 1.29 is 17.6 Å². The molecule has 0 atom stereocenters. The first-order chi connectivity index (χ1) is 16.1. The van der Waals surface area contributed by atoms with Crippen LogP contribution in [-0.4, -0.2) is 36.3 Å². The van der Waals surface area contributed by atoms with Crippen molar-refractivity contribution in [1.29, 1.82) is 0 Å². The molecule has 0 amide bonds. The summed E-state index contributed by atoms with van der Waals surface area (Å²) in [4.78, 5) is 9.38. The molecule has 0 saturated carbocycles. The number of halogens is 3. The lowest BCUT2D eigenvalue weighted by Crippen LogP contribution is -2.30. The highest BCUT2D eigenvalue weighted by atomic mass is 19.3. The van der Waals surface area contributed by atoms with Crippen molar-refractivity contribution in [3.8, 4) is 11.5 Å². The van der Waals surface area contributed by atoms with Gasteiger partial charge in [-0.1, -0.05) is 11.2 Å². The number of pyridine rings is 1. The van der Waals surface area contributed by atoms with Crippen LogP contribution in [0.15, 0.2) is 65.5 Å². The van der Waals surface area contributed by atoms with Crippen LogP contribution in [0, 0.1) is 5.82 Å². The lowest BCUT2D eigenvalue weighted by Gasteiger charge is -2.23. The number of hydrogen-bond donors (Lipinski definition) is 1. The van der Waals surface area contributed by atoms with Gasteiger partial charge >= 0.3 is 6.01 Å². The van der Waals surface area contributed by atoms with Crippen molar-refractivity contribution in [1.82, 2.24) is 29.8 Å². The summed E-state index contributed by atoms with van der Waals surface area (Å²) in [5.74, 6) is 0.0988. The SMILES string of the molecule is FC(F)c1cccc2ccnn12.Fc1ccc(-c2nnc(N3CCc4nc[nH]c4C3)o2)cc1. The Morgan fingerprint density at radius 1 is 1.03 bits per heavy atom. The van der Waals surface area contributed by atoms with Crippen molar-refractivity contribution in [2.45, 2.75) is 19.4 Å². The molecule has 1 aliphatic heterocycles. The second kappa shape index (κ2) is 8.77. The number of alkyl halides is 2. The summed E-state index contributed by atoms with van der Waals surface area (Å²) in [5.41, 5.74) is 3.48. The molecule has 5 aromatic rings. The zero-order valence-corrected chi connectivity index (χ0v) is 17.2. The van der Waals surface area contributed by atoms with Crippen molar-refractivity contribution in [3.63, 3.8) is 0 Å². The van der Waals surface area contributed by atoms with Crippen LogP contribution in [0.5, 0.6) is 0 Å². The Hall–Kier alpha value is -4.15. The highest BCUT2D eigenvalue weighted by molar-refractivity contribution is 5.53. The average molecular weight is 453 g/mol. The molecule has 0 radical (unpaired) electrons. The Bertz CT molecular complexity index is 1360. The molecule has 33 heavy (non-hydrogen) atoms. The highest BCUT2D eigenvalue weighted by Crippen LogP contribution is 2.25. The molecule has 1 aliphatic rings. The topological polar surface area (TPSA) is 88.1 Å². The molecule has 0 fully saturated rings. The monoisotopic (exact) mass is 453 g/mol. The van der Waals surface area contributed by atoms with E-state index in [1.54, 1.807) is 36.7 Å². The number of H-pyrrole nitrogens is 1. The van der Waals surface area contributed by atoms with Gasteiger partial charge in [-0.05, 0) is 42.5 Å². The first kappa shape index (κ1) is 20.7. The molecule has 1 N–H and O–H groups in total. The van der Waals surface area contributed by atoms with E-state index in [0.29, 0.717) is 29.5 Å². The third kappa shape index (κ3) is 4.29. The Morgan fingerprint density at radius 2 is 1.88 bits per heavy atom. The molecule has 0 aliphatic carbocycles. The van der Waals surface area contributed by atoms with Gasteiger partial charge in [-0.3, -0.25) is 0 Å². The summed E-state index contributed by atoms with van der Waals surface area (Å²) in [5, 5.41) is 11.9. The minimum absolute atomic E-state index is 0.0718. The van der Waals surface area contributed by atoms with E-state index in [1.807, 2.05) is 4.90 Å². The molecule has 0 saturated heterocycles. The van der Waals surface area contributed by atoms with Gasteiger partial charge in [0, 0.05) is 24.7 Å². The van der Waals surface area contributed by atoms with Crippen molar-refractivity contribution >= 4 is 11.5 Å². The molecule has 1 aromatic carbocycles. The van der Waals surface area contributed by atoms with Crippen LogP contribution in [0.4, 0.5) is 19.2 Å². The Kier molecular flexibility index (Phi) is 5.51. The van der Waals surface area contributed by atoms with Crippen molar-refractivity contribution in [2.24, 2.45) is 0 Å². The molecule has 6 rings (SSSR count). The van der Waals surface area contributed by atoms with Crippen LogP contribution >= 0.6 is 0 Å². The van der Waals surface area contributed by atoms with E-state index in [1.165, 1.54) is 28.9 Å². The van der Waals surface area contributed by atoms with Crippen LogP contribution < -0.4 is 4.90 Å². The van der Waals surface area contributed by atoms with Gasteiger partial charge in [0.25, 0.3) is 6.43 Å². The molecule has 4 aromatic heterocycles. The summed E-state index contributed by atoms with van der Waals surface area (Å²) < 4.78 is 44.5. The van der Waals surface area contributed by atoms with Gasteiger partial charge in [-0.2, -0.15) is 5.10 Å². The summed E-state index contributed by atoms with van der Waals surface area (Å²) in [7, 11) is 0. The normalized spacial score (nSPS) is 13.2. The van der Waals surface area contributed by atoms with E-state index in [9.17, 15) is 13.2 Å². The van der Waals surface area contributed by atoms with Gasteiger partial charge in [-0.15, -0.1) is 5.10 Å². The molecule has 0 spiro atoms. The number of hydrogen-bond acceptors (Lipinski definition) is 6. The van der Waals surface area contributed by atoms with Gasteiger partial charge < -0.3 is 14.3 Å². The maximum absolute atomic E-state index is 12.9. The van der Waals surface area contributed by atoms with Gasteiger partial charge in [0.1, 0.15) is 11.5 Å². The number of imidazole rings is 1. The van der Waals surface area contributed by atoms with E-state index < -0.39 is 6.43 Å². The summed E-state index contributed by atoms with van der Waals surface area (Å²) in [6.07, 6.45) is 1.56. The smallest absolute Gasteiger partial charge is 0.318 e. The minimum Gasteiger partial charge on any atom is -0.403 e. The predicted molar refractivity (Wildman–Crippen MR) is 113 cm³/mol. The second-order valence-electron chi connectivity index (χ2n) is 7.32. The van der Waals surface area contributed by atoms with Gasteiger partial charge in [-0.25, -0.2) is 22.7 Å². The fourth-order valence-electron chi connectivity index (χ4n) is 3.56. The zero-order valence-electron chi connectivity index (χ0n) is 17.2. The van der Waals surface area contributed by atoms with E-state index in [0.717, 1.165) is 24.4 Å². The van der Waals surface area contributed by atoms with Crippen molar-refractivity contribution in [3.05, 3.63) is 84.0 Å². The zero-order chi connectivity index (χ0) is 22.8. The number of fused-ring (bicyclic) bond motifs is 2. The van der Waals surface area contributed by atoms with Gasteiger partial charge in [0.05, 0.1) is 29.8 Å². The van der Waals surface area contributed by atoms with Crippen molar-refractivity contribution in [2.75, 3.05) is 11.4 Å². The van der Waals surface area contributed by atoms with Crippen LogP contribution in [0.1, 0.15) is 23.5 Å². The largest absolute Gasteiger partial charge is 0.403 e. The average Bonchev–Trinajstić information content (AvgIpc) is 3.59. The third-order valence-electron chi connectivity index (χ3n) is 5.23. The van der Waals surface area contributed by atoms with Crippen LogP contribution in [0.3, 0.4) is 0 Å². The van der Waals surface area contributed by atoms with E-state index in [4.69, 9.17) is 4.42 Å². The van der Waals surface area contributed by atoms with Gasteiger partial charge in [0.15, 0.2) is 0 Å². The number of nitrogens with zero attached hydrogens (tertiary/aromatic N) is 6. The molecule has 5 heterocycles. The fourth-order valence-corrected chi connectivity index (χ4v) is 3.56. The second-order valence-corrected chi connectivity index (χ2v) is 7.32. The Balaban J connectivity index is 0.000000162. The summed E-state index contributed by atoms with van der Waals surface area (Å²) in [6.45, 7) is 1.45. The van der Waals surface area contributed by atoms with Crippen LogP contribution in [0.25, 0.3) is 17.0 Å². The number of anilines is 1. The molecule has 11 heteroatoms. The number of aromatic amines is 1. The van der Waals surface area contributed by atoms with Crippen LogP contribution in [0.2, 0.25) is 0 Å². The number of aromatic nitrogens is 6. The molecule has 0 unspecified atom stereocenters. The van der Waals surface area contributed by atoms with E-state index >= 15 is 0 Å². The predicted octanol–water partition coefficient (Wildman–Crippen LogP) is 4.43. The third-order valence-corrected chi connectivity index (χ3v) is 5.23. The van der Waals surface area contributed by atoms with Gasteiger partial charge in [0.2, 0.25) is 5.89 Å². The lowest BCUT2D eigenvalue weighted by atomic mass is 10.1. The van der Waals surface area contributed by atoms with Crippen LogP contribution in [-0.2, 0) is 13.0 Å². The maximum Gasteiger partial charge on any atom is 0.318 e. The Morgan fingerprint density at radius 3 is 2.70 bits per heavy atom. The quantitative estimate of drug-likeness (QED) is 0.435. The molecule has 8 nitrogen and oxygen atoms in total. The first-order valence-electron chi connectivity index (χ1n) is 10.1. The number of rotatable bonds is 3.